The Labute approximate surface area is 122 Å². The van der Waals surface area contributed by atoms with Gasteiger partial charge >= 0.3 is 0 Å². The molecule has 2 rings (SSSR count). The van der Waals surface area contributed by atoms with Crippen LogP contribution in [0, 0.1) is 0 Å². The maximum absolute atomic E-state index is 4.39. The second-order valence-electron chi connectivity index (χ2n) is 5.67. The Morgan fingerprint density at radius 3 is 2.85 bits per heavy atom. The molecule has 0 saturated carbocycles. The fraction of sp³-hybridized carbons (Fsp3) is 0.667. The number of likely N-dealkylation sites (tertiary alicyclic amines) is 1. The molecular weight excluding hydrogens is 250 g/mol. The summed E-state index contributed by atoms with van der Waals surface area (Å²) in [6.07, 6.45) is 4.66. The first-order valence-corrected chi connectivity index (χ1v) is 7.34. The summed E-state index contributed by atoms with van der Waals surface area (Å²) >= 11 is 0. The minimum atomic E-state index is 0.634. The van der Waals surface area contributed by atoms with Crippen molar-refractivity contribution in [3.05, 3.63) is 24.0 Å². The van der Waals surface area contributed by atoms with Gasteiger partial charge in [-0.15, -0.1) is 0 Å². The van der Waals surface area contributed by atoms with Crippen LogP contribution in [0.4, 0.5) is 0 Å². The van der Waals surface area contributed by atoms with Crippen LogP contribution in [0.15, 0.2) is 23.3 Å². The summed E-state index contributed by atoms with van der Waals surface area (Å²) in [5, 5.41) is 3.50. The third-order valence-electron chi connectivity index (χ3n) is 4.19. The Balaban J connectivity index is 1.86. The van der Waals surface area contributed by atoms with E-state index in [1.807, 2.05) is 7.05 Å². The van der Waals surface area contributed by atoms with Crippen molar-refractivity contribution in [2.45, 2.75) is 25.4 Å². The molecule has 5 nitrogen and oxygen atoms in total. The van der Waals surface area contributed by atoms with Gasteiger partial charge in [0, 0.05) is 45.6 Å². The van der Waals surface area contributed by atoms with E-state index in [0.29, 0.717) is 6.04 Å². The smallest absolute Gasteiger partial charge is 0.193 e. The number of aryl methyl sites for hydroxylation is 1. The lowest BCUT2D eigenvalue weighted by Gasteiger charge is -2.25. The molecule has 1 saturated heterocycles. The zero-order valence-electron chi connectivity index (χ0n) is 13.1. The molecule has 1 aromatic heterocycles. The van der Waals surface area contributed by atoms with E-state index in [1.54, 1.807) is 0 Å². The summed E-state index contributed by atoms with van der Waals surface area (Å²) < 4.78 is 2.15. The minimum absolute atomic E-state index is 0.634. The molecule has 1 unspecified atom stereocenters. The monoisotopic (exact) mass is 277 g/mol. The Bertz CT molecular complexity index is 451. The number of aliphatic imine (C=N–C) groups is 1. The summed E-state index contributed by atoms with van der Waals surface area (Å²) in [4.78, 5) is 8.99. The normalized spacial score (nSPS) is 20.4. The molecule has 5 heteroatoms. The van der Waals surface area contributed by atoms with E-state index >= 15 is 0 Å². The first-order valence-electron chi connectivity index (χ1n) is 7.34. The maximum atomic E-state index is 4.39. The fourth-order valence-electron chi connectivity index (χ4n) is 2.81. The van der Waals surface area contributed by atoms with Crippen LogP contribution in [0.2, 0.25) is 0 Å². The summed E-state index contributed by atoms with van der Waals surface area (Å²) in [5.74, 6) is 0.964. The highest BCUT2D eigenvalue weighted by atomic mass is 15.3. The van der Waals surface area contributed by atoms with Crippen LogP contribution in [-0.4, -0.2) is 60.6 Å². The molecule has 1 N–H and O–H groups in total. The van der Waals surface area contributed by atoms with Gasteiger partial charge in [-0.05, 0) is 38.6 Å². The van der Waals surface area contributed by atoms with Gasteiger partial charge in [-0.1, -0.05) is 0 Å². The molecule has 0 spiro atoms. The Morgan fingerprint density at radius 1 is 1.50 bits per heavy atom. The number of rotatable bonds is 4. The molecule has 0 amide bonds. The highest BCUT2D eigenvalue weighted by Gasteiger charge is 2.21. The molecule has 2 heterocycles. The van der Waals surface area contributed by atoms with Crippen LogP contribution in [0.5, 0.6) is 0 Å². The second-order valence-corrected chi connectivity index (χ2v) is 5.67. The van der Waals surface area contributed by atoms with E-state index < -0.39 is 0 Å². The minimum Gasteiger partial charge on any atom is -0.355 e. The van der Waals surface area contributed by atoms with Gasteiger partial charge in [0.25, 0.3) is 0 Å². The molecule has 0 bridgehead atoms. The first kappa shape index (κ1) is 14.9. The molecule has 0 aliphatic carbocycles. The van der Waals surface area contributed by atoms with Crippen molar-refractivity contribution in [3.8, 4) is 0 Å². The van der Waals surface area contributed by atoms with Crippen molar-refractivity contribution in [2.75, 3.05) is 34.2 Å². The maximum Gasteiger partial charge on any atom is 0.193 e. The highest BCUT2D eigenvalue weighted by molar-refractivity contribution is 5.79. The summed E-state index contributed by atoms with van der Waals surface area (Å²) in [5.41, 5.74) is 1.29. The van der Waals surface area contributed by atoms with Gasteiger partial charge < -0.3 is 19.7 Å². The number of aromatic nitrogens is 1. The zero-order chi connectivity index (χ0) is 14.5. The van der Waals surface area contributed by atoms with Crippen LogP contribution in [-0.2, 0) is 13.6 Å². The van der Waals surface area contributed by atoms with Crippen LogP contribution >= 0.6 is 0 Å². The van der Waals surface area contributed by atoms with Crippen molar-refractivity contribution in [1.82, 2.24) is 19.7 Å². The van der Waals surface area contributed by atoms with Gasteiger partial charge in [0.1, 0.15) is 0 Å². The largest absolute Gasteiger partial charge is 0.355 e. The van der Waals surface area contributed by atoms with Crippen molar-refractivity contribution >= 4 is 5.96 Å². The summed E-state index contributed by atoms with van der Waals surface area (Å²) in [7, 11) is 8.21. The molecule has 1 atom stereocenters. The lowest BCUT2D eigenvalue weighted by Crippen LogP contribution is -2.44. The quantitative estimate of drug-likeness (QED) is 0.662. The molecule has 0 aromatic carbocycles. The Kier molecular flexibility index (Phi) is 5.06. The zero-order valence-corrected chi connectivity index (χ0v) is 13.1. The SMILES string of the molecule is CN=C(NCC1CCCN1C)N(C)Cc1cccn1C. The van der Waals surface area contributed by atoms with Crippen LogP contribution < -0.4 is 5.32 Å². The number of guanidine groups is 1. The third kappa shape index (κ3) is 3.54. The standard InChI is InChI=1S/C15H27N5/c1-16-15(17-11-13-7-5-9-18(13)2)20(4)12-14-8-6-10-19(14)3/h6,8,10,13H,5,7,9,11-12H2,1-4H3,(H,16,17). The molecule has 20 heavy (non-hydrogen) atoms. The van der Waals surface area contributed by atoms with Crippen LogP contribution in [0.25, 0.3) is 0 Å². The van der Waals surface area contributed by atoms with Gasteiger partial charge in [-0.25, -0.2) is 0 Å². The van der Waals surface area contributed by atoms with E-state index in [-0.39, 0.29) is 0 Å². The van der Waals surface area contributed by atoms with E-state index in [9.17, 15) is 0 Å². The number of likely N-dealkylation sites (N-methyl/N-ethyl adjacent to an activating group) is 1. The molecule has 1 aliphatic rings. The van der Waals surface area contributed by atoms with E-state index in [0.717, 1.165) is 19.0 Å². The number of hydrogen-bond donors (Lipinski definition) is 1. The van der Waals surface area contributed by atoms with Gasteiger partial charge in [-0.2, -0.15) is 0 Å². The Morgan fingerprint density at radius 2 is 2.30 bits per heavy atom. The topological polar surface area (TPSA) is 35.8 Å². The van der Waals surface area contributed by atoms with Crippen LogP contribution in [0.3, 0.4) is 0 Å². The fourth-order valence-corrected chi connectivity index (χ4v) is 2.81. The lowest BCUT2D eigenvalue weighted by molar-refractivity contribution is 0.306. The van der Waals surface area contributed by atoms with E-state index in [2.05, 4.69) is 64.1 Å². The molecule has 1 aliphatic heterocycles. The number of hydrogen-bond acceptors (Lipinski definition) is 2. The lowest BCUT2D eigenvalue weighted by atomic mass is 10.2. The second kappa shape index (κ2) is 6.79. The molecule has 0 radical (unpaired) electrons. The molecule has 1 fully saturated rings. The van der Waals surface area contributed by atoms with Gasteiger partial charge in [-0.3, -0.25) is 4.99 Å². The third-order valence-corrected chi connectivity index (χ3v) is 4.19. The van der Waals surface area contributed by atoms with Gasteiger partial charge in [0.15, 0.2) is 5.96 Å². The summed E-state index contributed by atoms with van der Waals surface area (Å²) in [6, 6.07) is 4.86. The Hall–Kier alpha value is -1.49. The first-order chi connectivity index (χ1) is 9.61. The predicted molar refractivity (Wildman–Crippen MR) is 83.9 cm³/mol. The van der Waals surface area contributed by atoms with E-state index in [4.69, 9.17) is 0 Å². The highest BCUT2D eigenvalue weighted by Crippen LogP contribution is 2.13. The molecule has 1 aromatic rings. The molecule has 112 valence electrons. The summed E-state index contributed by atoms with van der Waals surface area (Å²) in [6.45, 7) is 3.05. The molecular formula is C15H27N5. The van der Waals surface area contributed by atoms with Gasteiger partial charge in [0.2, 0.25) is 0 Å². The van der Waals surface area contributed by atoms with Gasteiger partial charge in [0.05, 0.1) is 6.54 Å². The van der Waals surface area contributed by atoms with Crippen molar-refractivity contribution in [1.29, 1.82) is 0 Å². The average Bonchev–Trinajstić information content (AvgIpc) is 3.00. The average molecular weight is 277 g/mol. The van der Waals surface area contributed by atoms with Crippen molar-refractivity contribution < 1.29 is 0 Å². The number of nitrogens with zero attached hydrogens (tertiary/aromatic N) is 4. The van der Waals surface area contributed by atoms with E-state index in [1.165, 1.54) is 25.1 Å². The van der Waals surface area contributed by atoms with Crippen LogP contribution in [0.1, 0.15) is 18.5 Å². The predicted octanol–water partition coefficient (Wildman–Crippen LogP) is 1.13. The number of nitrogens with one attached hydrogen (secondary N) is 1. The van der Waals surface area contributed by atoms with Crippen molar-refractivity contribution in [3.63, 3.8) is 0 Å². The van der Waals surface area contributed by atoms with Crippen molar-refractivity contribution in [2.24, 2.45) is 12.0 Å².